The number of methoxy groups -OCH3 is 1. The minimum absolute atomic E-state index is 0.197. The smallest absolute Gasteiger partial charge is 0.0992 e. The van der Waals surface area contributed by atoms with Crippen LogP contribution in [0.2, 0.25) is 0 Å². The van der Waals surface area contributed by atoms with E-state index in [0.717, 1.165) is 5.69 Å². The molecule has 1 aromatic carbocycles. The minimum Gasteiger partial charge on any atom is -0.397 e. The van der Waals surface area contributed by atoms with Gasteiger partial charge >= 0.3 is 0 Å². The second-order valence-corrected chi connectivity index (χ2v) is 4.36. The molecule has 4 nitrogen and oxygen atoms in total. The molecule has 0 spiro atoms. The molecule has 0 saturated carbocycles. The first-order valence-corrected chi connectivity index (χ1v) is 5.05. The largest absolute Gasteiger partial charge is 0.397 e. The molecule has 0 atom stereocenters. The van der Waals surface area contributed by atoms with Crippen molar-refractivity contribution in [1.29, 1.82) is 5.26 Å². The summed E-state index contributed by atoms with van der Waals surface area (Å²) in [5, 5.41) is 12.0. The maximum atomic E-state index is 8.72. The number of nitrogens with one attached hydrogen (secondary N) is 1. The van der Waals surface area contributed by atoms with Gasteiger partial charge in [0.15, 0.2) is 0 Å². The van der Waals surface area contributed by atoms with Crippen LogP contribution in [0.15, 0.2) is 18.2 Å². The average Bonchev–Trinajstić information content (AvgIpc) is 2.20. The van der Waals surface area contributed by atoms with Gasteiger partial charge in [0.05, 0.1) is 35.2 Å². The van der Waals surface area contributed by atoms with Gasteiger partial charge < -0.3 is 15.8 Å². The third-order valence-corrected chi connectivity index (χ3v) is 2.16. The van der Waals surface area contributed by atoms with E-state index >= 15 is 0 Å². The molecule has 0 bridgehead atoms. The molecule has 86 valence electrons. The van der Waals surface area contributed by atoms with Crippen molar-refractivity contribution < 1.29 is 4.74 Å². The summed E-state index contributed by atoms with van der Waals surface area (Å²) < 4.78 is 5.11. The van der Waals surface area contributed by atoms with Gasteiger partial charge in [-0.05, 0) is 32.0 Å². The van der Waals surface area contributed by atoms with E-state index in [4.69, 9.17) is 15.7 Å². The van der Waals surface area contributed by atoms with E-state index in [0.29, 0.717) is 17.9 Å². The van der Waals surface area contributed by atoms with Gasteiger partial charge in [0.2, 0.25) is 0 Å². The number of benzene rings is 1. The quantitative estimate of drug-likeness (QED) is 0.759. The highest BCUT2D eigenvalue weighted by atomic mass is 16.5. The zero-order valence-corrected chi connectivity index (χ0v) is 9.87. The lowest BCUT2D eigenvalue weighted by molar-refractivity contribution is 0.158. The van der Waals surface area contributed by atoms with Crippen LogP contribution in [0.5, 0.6) is 0 Å². The van der Waals surface area contributed by atoms with Gasteiger partial charge in [-0.3, -0.25) is 0 Å². The van der Waals surface area contributed by atoms with Crippen LogP contribution in [0, 0.1) is 11.3 Å². The number of nitrogens with zero attached hydrogens (tertiary/aromatic N) is 1. The molecule has 0 unspecified atom stereocenters. The summed E-state index contributed by atoms with van der Waals surface area (Å²) >= 11 is 0. The van der Waals surface area contributed by atoms with Crippen molar-refractivity contribution in [3.8, 4) is 6.07 Å². The molecule has 16 heavy (non-hydrogen) atoms. The van der Waals surface area contributed by atoms with Gasteiger partial charge in [0.25, 0.3) is 0 Å². The number of rotatable bonds is 4. The molecule has 4 heteroatoms. The van der Waals surface area contributed by atoms with Gasteiger partial charge in [0.1, 0.15) is 0 Å². The first-order valence-electron chi connectivity index (χ1n) is 5.05. The number of nitrogens with two attached hydrogens (primary N) is 1. The molecule has 0 amide bonds. The predicted octanol–water partition coefficient (Wildman–Crippen LogP) is 1.98. The maximum Gasteiger partial charge on any atom is 0.0992 e. The maximum absolute atomic E-state index is 8.72. The van der Waals surface area contributed by atoms with Crippen molar-refractivity contribution in [2.24, 2.45) is 0 Å². The Morgan fingerprint density at radius 1 is 1.50 bits per heavy atom. The Balaban J connectivity index is 2.86. The lowest BCUT2D eigenvalue weighted by atomic mass is 10.1. The normalized spacial score (nSPS) is 10.9. The second-order valence-electron chi connectivity index (χ2n) is 4.36. The Kier molecular flexibility index (Phi) is 3.75. The van der Waals surface area contributed by atoms with E-state index in [-0.39, 0.29) is 5.54 Å². The zero-order chi connectivity index (χ0) is 12.2. The number of ether oxygens (including phenoxy) is 1. The summed E-state index contributed by atoms with van der Waals surface area (Å²) in [6.45, 7) is 4.62. The van der Waals surface area contributed by atoms with E-state index in [9.17, 15) is 0 Å². The summed E-state index contributed by atoms with van der Waals surface area (Å²) in [5.74, 6) is 0. The van der Waals surface area contributed by atoms with E-state index in [1.54, 1.807) is 19.2 Å². The molecule has 3 N–H and O–H groups in total. The molecule has 1 rings (SSSR count). The van der Waals surface area contributed by atoms with E-state index in [2.05, 4.69) is 11.4 Å². The van der Waals surface area contributed by atoms with E-state index in [1.165, 1.54) is 0 Å². The third kappa shape index (κ3) is 3.14. The van der Waals surface area contributed by atoms with Crippen LogP contribution in [0.25, 0.3) is 0 Å². The molecule has 0 heterocycles. The fourth-order valence-corrected chi connectivity index (χ4v) is 1.51. The van der Waals surface area contributed by atoms with Crippen molar-refractivity contribution in [2.75, 3.05) is 24.8 Å². The fourth-order valence-electron chi connectivity index (χ4n) is 1.51. The van der Waals surface area contributed by atoms with Crippen LogP contribution >= 0.6 is 0 Å². The molecular formula is C12H17N3O. The molecule has 0 aliphatic rings. The van der Waals surface area contributed by atoms with Gasteiger partial charge in [-0.2, -0.15) is 5.26 Å². The SMILES string of the molecule is COCC(C)(C)Nc1ccc(C#N)cc1N. The molecule has 0 aliphatic heterocycles. The monoisotopic (exact) mass is 219 g/mol. The fraction of sp³-hybridized carbons (Fsp3) is 0.417. The first-order chi connectivity index (χ1) is 7.48. The summed E-state index contributed by atoms with van der Waals surface area (Å²) in [6, 6.07) is 7.26. The molecule has 1 aromatic rings. The number of nitriles is 1. The Hall–Kier alpha value is -1.73. The topological polar surface area (TPSA) is 71.1 Å². The molecule has 0 radical (unpaired) electrons. The van der Waals surface area contributed by atoms with Crippen LogP contribution in [-0.4, -0.2) is 19.3 Å². The highest BCUT2D eigenvalue weighted by Gasteiger charge is 2.17. The van der Waals surface area contributed by atoms with Crippen molar-refractivity contribution in [3.05, 3.63) is 23.8 Å². The van der Waals surface area contributed by atoms with Crippen molar-refractivity contribution in [1.82, 2.24) is 0 Å². The molecule has 0 aliphatic carbocycles. The lowest BCUT2D eigenvalue weighted by Gasteiger charge is -2.27. The Bertz CT molecular complexity index is 407. The van der Waals surface area contributed by atoms with Crippen LogP contribution in [-0.2, 0) is 4.74 Å². The number of hydrogen-bond donors (Lipinski definition) is 2. The molecular weight excluding hydrogens is 202 g/mol. The summed E-state index contributed by atoms with van der Waals surface area (Å²) in [5.41, 5.74) is 7.60. The van der Waals surface area contributed by atoms with Crippen molar-refractivity contribution >= 4 is 11.4 Å². The summed E-state index contributed by atoms with van der Waals surface area (Å²) in [6.07, 6.45) is 0. The summed E-state index contributed by atoms with van der Waals surface area (Å²) in [4.78, 5) is 0. The highest BCUT2D eigenvalue weighted by molar-refractivity contribution is 5.68. The van der Waals surface area contributed by atoms with Gasteiger partial charge in [-0.1, -0.05) is 0 Å². The number of anilines is 2. The van der Waals surface area contributed by atoms with Crippen LogP contribution in [0.1, 0.15) is 19.4 Å². The Labute approximate surface area is 96.0 Å². The van der Waals surface area contributed by atoms with Crippen LogP contribution < -0.4 is 11.1 Å². The van der Waals surface area contributed by atoms with E-state index < -0.39 is 0 Å². The average molecular weight is 219 g/mol. The Morgan fingerprint density at radius 3 is 2.69 bits per heavy atom. The van der Waals surface area contributed by atoms with E-state index in [1.807, 2.05) is 19.9 Å². The first kappa shape index (κ1) is 12.3. The predicted molar refractivity (Wildman–Crippen MR) is 65.1 cm³/mol. The second kappa shape index (κ2) is 4.86. The van der Waals surface area contributed by atoms with Crippen LogP contribution in [0.4, 0.5) is 11.4 Å². The minimum atomic E-state index is -0.197. The van der Waals surface area contributed by atoms with Gasteiger partial charge in [0, 0.05) is 7.11 Å². The Morgan fingerprint density at radius 2 is 2.19 bits per heavy atom. The van der Waals surface area contributed by atoms with Gasteiger partial charge in [-0.25, -0.2) is 0 Å². The lowest BCUT2D eigenvalue weighted by Crippen LogP contribution is -2.36. The number of hydrogen-bond acceptors (Lipinski definition) is 4. The standard InChI is InChI=1S/C12H17N3O/c1-12(2,8-16-3)15-11-5-4-9(7-13)6-10(11)14/h4-6,15H,8,14H2,1-3H3. The number of nitrogen functional groups attached to an aromatic ring is 1. The third-order valence-electron chi connectivity index (χ3n) is 2.16. The molecule has 0 saturated heterocycles. The summed E-state index contributed by atoms with van der Waals surface area (Å²) in [7, 11) is 1.66. The molecule has 0 fully saturated rings. The van der Waals surface area contributed by atoms with Crippen LogP contribution in [0.3, 0.4) is 0 Å². The molecule has 0 aromatic heterocycles. The van der Waals surface area contributed by atoms with Gasteiger partial charge in [-0.15, -0.1) is 0 Å². The zero-order valence-electron chi connectivity index (χ0n) is 9.87. The van der Waals surface area contributed by atoms with Crippen molar-refractivity contribution in [2.45, 2.75) is 19.4 Å². The highest BCUT2D eigenvalue weighted by Crippen LogP contribution is 2.23. The van der Waals surface area contributed by atoms with Crippen molar-refractivity contribution in [3.63, 3.8) is 0 Å².